The lowest BCUT2D eigenvalue weighted by Crippen LogP contribution is -2.19. The Kier molecular flexibility index (Phi) is 2.90. The van der Waals surface area contributed by atoms with Gasteiger partial charge in [-0.25, -0.2) is 0 Å². The van der Waals surface area contributed by atoms with Crippen molar-refractivity contribution in [2.24, 2.45) is 5.92 Å². The fourth-order valence-electron chi connectivity index (χ4n) is 2.94. The molecule has 6 heteroatoms. The highest BCUT2D eigenvalue weighted by Crippen LogP contribution is 2.32. The predicted octanol–water partition coefficient (Wildman–Crippen LogP) is 2.38. The van der Waals surface area contributed by atoms with Gasteiger partial charge in [-0.05, 0) is 43.3 Å². The zero-order valence-corrected chi connectivity index (χ0v) is 12.6. The highest BCUT2D eigenvalue weighted by molar-refractivity contribution is 6.26. The highest BCUT2D eigenvalue weighted by atomic mass is 16.5. The van der Waals surface area contributed by atoms with Crippen molar-refractivity contribution in [3.8, 4) is 11.5 Å². The molecule has 2 aromatic rings. The molecule has 2 aliphatic rings. The molecule has 118 valence electrons. The molecular weight excluding hydrogens is 310 g/mol. The number of ether oxygens (including phenoxy) is 1. The van der Waals surface area contributed by atoms with Gasteiger partial charge < -0.3 is 4.74 Å². The largest absolute Gasteiger partial charge is 0.457 e. The Labute approximate surface area is 136 Å². The monoisotopic (exact) mass is 321 g/mol. The fourth-order valence-corrected chi connectivity index (χ4v) is 2.94. The van der Waals surface area contributed by atoms with E-state index in [2.05, 4.69) is 5.32 Å². The molecule has 2 amide bonds. The van der Waals surface area contributed by atoms with E-state index in [9.17, 15) is 19.2 Å². The van der Waals surface area contributed by atoms with Crippen LogP contribution in [0.3, 0.4) is 0 Å². The second-order valence-electron chi connectivity index (χ2n) is 5.75. The third kappa shape index (κ3) is 1.96. The molecule has 0 bridgehead atoms. The molecule has 0 fully saturated rings. The number of imide groups is 1. The molecule has 4 rings (SSSR count). The quantitative estimate of drug-likeness (QED) is 0.677. The average Bonchev–Trinajstić information content (AvgIpc) is 2.97. The smallest absolute Gasteiger partial charge is 0.259 e. The minimum Gasteiger partial charge on any atom is -0.457 e. The van der Waals surface area contributed by atoms with Gasteiger partial charge >= 0.3 is 0 Å². The van der Waals surface area contributed by atoms with Gasteiger partial charge in [0.2, 0.25) is 0 Å². The average molecular weight is 321 g/mol. The Hall–Kier alpha value is -3.28. The molecule has 1 N–H and O–H groups in total. The normalized spacial score (nSPS) is 18.5. The van der Waals surface area contributed by atoms with E-state index >= 15 is 0 Å². The number of Topliss-reactive ketones (excluding diaryl/α,β-unsaturated/α-hetero) is 2. The molecule has 0 aromatic heterocycles. The van der Waals surface area contributed by atoms with E-state index in [-0.39, 0.29) is 17.1 Å². The predicted molar refractivity (Wildman–Crippen MR) is 82.6 cm³/mol. The first-order valence-corrected chi connectivity index (χ1v) is 7.36. The van der Waals surface area contributed by atoms with Crippen LogP contribution < -0.4 is 10.1 Å². The number of carbonyl (C=O) groups excluding carboxylic acids is 4. The molecule has 1 heterocycles. The Morgan fingerprint density at radius 3 is 2.00 bits per heavy atom. The van der Waals surface area contributed by atoms with Crippen molar-refractivity contribution in [3.05, 3.63) is 58.7 Å². The second-order valence-corrected chi connectivity index (χ2v) is 5.75. The van der Waals surface area contributed by atoms with Gasteiger partial charge in [0.05, 0.1) is 17.0 Å². The molecule has 0 saturated heterocycles. The number of amides is 2. The van der Waals surface area contributed by atoms with Gasteiger partial charge in [0, 0.05) is 11.1 Å². The maximum Gasteiger partial charge on any atom is 0.259 e. The summed E-state index contributed by atoms with van der Waals surface area (Å²) in [5.41, 5.74) is 1.30. The molecule has 1 aliphatic heterocycles. The van der Waals surface area contributed by atoms with Crippen LogP contribution in [0.1, 0.15) is 48.4 Å². The summed E-state index contributed by atoms with van der Waals surface area (Å²) >= 11 is 0. The minimum absolute atomic E-state index is 0.186. The van der Waals surface area contributed by atoms with Crippen molar-refractivity contribution in [1.29, 1.82) is 0 Å². The first kappa shape index (κ1) is 14.3. The van der Waals surface area contributed by atoms with E-state index in [1.54, 1.807) is 25.1 Å². The number of ketones is 2. The fraction of sp³-hybridized carbons (Fsp3) is 0.111. The van der Waals surface area contributed by atoms with Crippen LogP contribution in [-0.2, 0) is 0 Å². The zero-order valence-electron chi connectivity index (χ0n) is 12.6. The van der Waals surface area contributed by atoms with Crippen molar-refractivity contribution < 1.29 is 23.9 Å². The Morgan fingerprint density at radius 1 is 0.750 bits per heavy atom. The van der Waals surface area contributed by atoms with E-state index in [0.717, 1.165) is 0 Å². The Balaban J connectivity index is 1.67. The molecule has 0 radical (unpaired) electrons. The summed E-state index contributed by atoms with van der Waals surface area (Å²) in [5.74, 6) is -1.23. The van der Waals surface area contributed by atoms with Crippen molar-refractivity contribution in [2.75, 3.05) is 0 Å². The van der Waals surface area contributed by atoms with Crippen molar-refractivity contribution >= 4 is 23.4 Å². The number of carbonyl (C=O) groups is 4. The lowest BCUT2D eigenvalue weighted by Gasteiger charge is -2.07. The topological polar surface area (TPSA) is 89.5 Å². The zero-order chi connectivity index (χ0) is 17.0. The summed E-state index contributed by atoms with van der Waals surface area (Å²) in [5, 5.41) is 2.21. The minimum atomic E-state index is -0.662. The standard InChI is InChI=1S/C18H11NO5/c1-8-15(20)11-4-2-9(6-13(11)16(8)21)24-10-3-5-12-14(7-10)18(23)19-17(12)22/h2-8H,1H3,(H,19,22,23). The van der Waals surface area contributed by atoms with Gasteiger partial charge in [0.15, 0.2) is 11.6 Å². The third-order valence-electron chi connectivity index (χ3n) is 4.25. The van der Waals surface area contributed by atoms with Crippen LogP contribution in [0.25, 0.3) is 0 Å². The summed E-state index contributed by atoms with van der Waals surface area (Å²) in [7, 11) is 0. The molecule has 1 atom stereocenters. The second kappa shape index (κ2) is 4.86. The first-order chi connectivity index (χ1) is 11.5. The Bertz CT molecular complexity index is 960. The van der Waals surface area contributed by atoms with Crippen LogP contribution in [0.5, 0.6) is 11.5 Å². The van der Waals surface area contributed by atoms with Crippen molar-refractivity contribution in [3.63, 3.8) is 0 Å². The van der Waals surface area contributed by atoms with E-state index in [1.807, 2.05) is 0 Å². The summed E-state index contributed by atoms with van der Waals surface area (Å²) in [6.45, 7) is 1.58. The van der Waals surface area contributed by atoms with E-state index < -0.39 is 17.7 Å². The van der Waals surface area contributed by atoms with E-state index in [0.29, 0.717) is 28.2 Å². The summed E-state index contributed by atoms with van der Waals surface area (Å²) < 4.78 is 5.68. The molecule has 1 unspecified atom stereocenters. The molecular formula is C18H11NO5. The number of benzene rings is 2. The van der Waals surface area contributed by atoms with Gasteiger partial charge in [0.1, 0.15) is 11.5 Å². The molecule has 0 saturated carbocycles. The Morgan fingerprint density at radius 2 is 1.29 bits per heavy atom. The number of hydrogen-bond acceptors (Lipinski definition) is 5. The number of nitrogens with one attached hydrogen (secondary N) is 1. The number of fused-ring (bicyclic) bond motifs is 2. The molecule has 24 heavy (non-hydrogen) atoms. The van der Waals surface area contributed by atoms with Crippen LogP contribution in [0.4, 0.5) is 0 Å². The van der Waals surface area contributed by atoms with Crippen LogP contribution in [0.2, 0.25) is 0 Å². The van der Waals surface area contributed by atoms with E-state index in [4.69, 9.17) is 4.74 Å². The van der Waals surface area contributed by atoms with Crippen LogP contribution in [-0.4, -0.2) is 23.4 Å². The van der Waals surface area contributed by atoms with Gasteiger partial charge in [-0.15, -0.1) is 0 Å². The lowest BCUT2D eigenvalue weighted by atomic mass is 10.1. The van der Waals surface area contributed by atoms with Crippen LogP contribution >= 0.6 is 0 Å². The number of hydrogen-bond donors (Lipinski definition) is 1. The molecule has 6 nitrogen and oxygen atoms in total. The van der Waals surface area contributed by atoms with Gasteiger partial charge in [-0.3, -0.25) is 24.5 Å². The van der Waals surface area contributed by atoms with Crippen LogP contribution in [0.15, 0.2) is 36.4 Å². The van der Waals surface area contributed by atoms with Crippen molar-refractivity contribution in [1.82, 2.24) is 5.32 Å². The highest BCUT2D eigenvalue weighted by Gasteiger charge is 2.35. The maximum atomic E-state index is 12.1. The lowest BCUT2D eigenvalue weighted by molar-refractivity contribution is 0.0844. The van der Waals surface area contributed by atoms with Crippen molar-refractivity contribution in [2.45, 2.75) is 6.92 Å². The first-order valence-electron chi connectivity index (χ1n) is 7.36. The summed E-state index contributed by atoms with van der Waals surface area (Å²) in [4.78, 5) is 47.2. The SMILES string of the molecule is CC1C(=O)c2ccc(Oc3ccc4c(c3)C(=O)NC4=O)cc2C1=O. The summed E-state index contributed by atoms with van der Waals surface area (Å²) in [6, 6.07) is 9.24. The third-order valence-corrected chi connectivity index (χ3v) is 4.25. The maximum absolute atomic E-state index is 12.1. The van der Waals surface area contributed by atoms with Gasteiger partial charge in [-0.2, -0.15) is 0 Å². The number of rotatable bonds is 2. The van der Waals surface area contributed by atoms with Crippen LogP contribution in [0, 0.1) is 5.92 Å². The molecule has 2 aromatic carbocycles. The van der Waals surface area contributed by atoms with Gasteiger partial charge in [0.25, 0.3) is 11.8 Å². The summed E-state index contributed by atoms with van der Waals surface area (Å²) in [6.07, 6.45) is 0. The van der Waals surface area contributed by atoms with Gasteiger partial charge in [-0.1, -0.05) is 0 Å². The molecule has 0 spiro atoms. The molecule has 1 aliphatic carbocycles. The van der Waals surface area contributed by atoms with E-state index in [1.165, 1.54) is 18.2 Å².